The quantitative estimate of drug-likeness (QED) is 0.829. The zero-order valence-electron chi connectivity index (χ0n) is 8.26. The number of benzene rings is 1. The van der Waals surface area contributed by atoms with E-state index in [1.807, 2.05) is 13.0 Å². The van der Waals surface area contributed by atoms with E-state index in [2.05, 4.69) is 27.9 Å². The molecule has 0 radical (unpaired) electrons. The predicted molar refractivity (Wildman–Crippen MR) is 70.2 cm³/mol. The van der Waals surface area contributed by atoms with Crippen LogP contribution < -0.4 is 11.1 Å². The Balaban J connectivity index is 2.82. The minimum atomic E-state index is -0.186. The lowest BCUT2D eigenvalue weighted by atomic mass is 10.2. The first kappa shape index (κ1) is 12.7. The molecular weight excluding hydrogens is 326 g/mol. The van der Waals surface area contributed by atoms with Crippen LogP contribution >= 0.6 is 34.2 Å². The van der Waals surface area contributed by atoms with Crippen molar-refractivity contribution in [2.45, 2.75) is 13.0 Å². The first-order valence-corrected chi connectivity index (χ1v) is 5.96. The van der Waals surface area contributed by atoms with Crippen LogP contribution in [-0.2, 0) is 0 Å². The van der Waals surface area contributed by atoms with Crippen molar-refractivity contribution in [1.82, 2.24) is 5.32 Å². The van der Waals surface area contributed by atoms with E-state index in [-0.39, 0.29) is 11.9 Å². The van der Waals surface area contributed by atoms with E-state index in [0.29, 0.717) is 17.1 Å². The van der Waals surface area contributed by atoms with Crippen molar-refractivity contribution in [3.8, 4) is 0 Å². The number of rotatable bonds is 3. The minimum Gasteiger partial charge on any atom is -0.348 e. The van der Waals surface area contributed by atoms with Crippen LogP contribution in [0.2, 0.25) is 5.02 Å². The van der Waals surface area contributed by atoms with Crippen LogP contribution in [0.5, 0.6) is 0 Å². The Labute approximate surface area is 108 Å². The van der Waals surface area contributed by atoms with Gasteiger partial charge >= 0.3 is 0 Å². The average molecular weight is 339 g/mol. The van der Waals surface area contributed by atoms with Crippen LogP contribution in [-0.4, -0.2) is 18.5 Å². The van der Waals surface area contributed by atoms with Gasteiger partial charge in [-0.15, -0.1) is 0 Å². The second kappa shape index (κ2) is 5.67. The lowest BCUT2D eigenvalue weighted by Crippen LogP contribution is -2.37. The highest BCUT2D eigenvalue weighted by Crippen LogP contribution is 2.18. The van der Waals surface area contributed by atoms with Crippen molar-refractivity contribution in [1.29, 1.82) is 0 Å². The normalized spacial score (nSPS) is 12.3. The highest BCUT2D eigenvalue weighted by atomic mass is 127. The van der Waals surface area contributed by atoms with Crippen molar-refractivity contribution in [2.24, 2.45) is 5.73 Å². The van der Waals surface area contributed by atoms with Gasteiger partial charge in [-0.1, -0.05) is 11.6 Å². The molecule has 0 saturated carbocycles. The van der Waals surface area contributed by atoms with Gasteiger partial charge in [-0.3, -0.25) is 4.79 Å². The molecule has 1 rings (SSSR count). The fraction of sp³-hybridized carbons (Fsp3) is 0.300. The molecule has 1 aromatic rings. The lowest BCUT2D eigenvalue weighted by Gasteiger charge is -2.12. The molecule has 0 aliphatic rings. The van der Waals surface area contributed by atoms with Gasteiger partial charge in [0.1, 0.15) is 0 Å². The lowest BCUT2D eigenvalue weighted by molar-refractivity contribution is 0.0941. The first-order chi connectivity index (χ1) is 7.04. The van der Waals surface area contributed by atoms with Gasteiger partial charge in [-0.25, -0.2) is 0 Å². The molecule has 0 fully saturated rings. The summed E-state index contributed by atoms with van der Waals surface area (Å²) in [5, 5.41) is 3.22. The molecule has 15 heavy (non-hydrogen) atoms. The van der Waals surface area contributed by atoms with E-state index in [1.165, 1.54) is 0 Å². The topological polar surface area (TPSA) is 55.1 Å². The van der Waals surface area contributed by atoms with Gasteiger partial charge in [0.15, 0.2) is 0 Å². The summed E-state index contributed by atoms with van der Waals surface area (Å²) in [5.74, 6) is -0.186. The Kier molecular flexibility index (Phi) is 4.82. The number of hydrogen-bond donors (Lipinski definition) is 2. The Hall–Kier alpha value is -0.330. The number of nitrogens with one attached hydrogen (secondary N) is 1. The standard InChI is InChI=1S/C10H12ClIN2O/c1-6(5-13)14-10(15)8-3-2-7(12)4-9(8)11/h2-4,6H,5,13H2,1H3,(H,14,15)/t6-/m0/s1. The van der Waals surface area contributed by atoms with Crippen molar-refractivity contribution in [2.75, 3.05) is 6.54 Å². The number of hydrogen-bond acceptors (Lipinski definition) is 2. The molecule has 0 saturated heterocycles. The molecule has 3 N–H and O–H groups in total. The summed E-state index contributed by atoms with van der Waals surface area (Å²) in [5.41, 5.74) is 5.90. The van der Waals surface area contributed by atoms with E-state index in [0.717, 1.165) is 3.57 Å². The Morgan fingerprint density at radius 2 is 2.33 bits per heavy atom. The maximum absolute atomic E-state index is 11.7. The van der Waals surface area contributed by atoms with Crippen LogP contribution in [0.15, 0.2) is 18.2 Å². The molecule has 0 aliphatic heterocycles. The molecule has 0 aliphatic carbocycles. The van der Waals surface area contributed by atoms with Gasteiger partial charge in [0.05, 0.1) is 10.6 Å². The molecule has 0 bridgehead atoms. The molecule has 0 spiro atoms. The Morgan fingerprint density at radius 3 is 2.87 bits per heavy atom. The smallest absolute Gasteiger partial charge is 0.253 e. The van der Waals surface area contributed by atoms with Crippen LogP contribution in [0.3, 0.4) is 0 Å². The maximum Gasteiger partial charge on any atom is 0.253 e. The number of nitrogens with two attached hydrogens (primary N) is 1. The summed E-state index contributed by atoms with van der Waals surface area (Å²) in [6.45, 7) is 2.26. The fourth-order valence-electron chi connectivity index (χ4n) is 1.03. The van der Waals surface area contributed by atoms with E-state index in [9.17, 15) is 4.79 Å². The van der Waals surface area contributed by atoms with Gasteiger partial charge in [-0.2, -0.15) is 0 Å². The second-order valence-corrected chi connectivity index (χ2v) is 4.89. The summed E-state index contributed by atoms with van der Waals surface area (Å²) >= 11 is 8.10. The third-order valence-electron chi connectivity index (χ3n) is 1.91. The summed E-state index contributed by atoms with van der Waals surface area (Å²) < 4.78 is 1.00. The third kappa shape index (κ3) is 3.62. The summed E-state index contributed by atoms with van der Waals surface area (Å²) in [6.07, 6.45) is 0. The summed E-state index contributed by atoms with van der Waals surface area (Å²) in [4.78, 5) is 11.7. The van der Waals surface area contributed by atoms with E-state index in [1.54, 1.807) is 12.1 Å². The van der Waals surface area contributed by atoms with E-state index < -0.39 is 0 Å². The van der Waals surface area contributed by atoms with Crippen LogP contribution in [0.25, 0.3) is 0 Å². The summed E-state index contributed by atoms with van der Waals surface area (Å²) in [6, 6.07) is 5.26. The largest absolute Gasteiger partial charge is 0.348 e. The molecule has 0 unspecified atom stereocenters. The van der Waals surface area contributed by atoms with Gasteiger partial charge in [0.2, 0.25) is 0 Å². The Morgan fingerprint density at radius 1 is 1.67 bits per heavy atom. The van der Waals surface area contributed by atoms with Crippen molar-refractivity contribution < 1.29 is 4.79 Å². The van der Waals surface area contributed by atoms with Crippen molar-refractivity contribution in [3.05, 3.63) is 32.4 Å². The van der Waals surface area contributed by atoms with E-state index in [4.69, 9.17) is 17.3 Å². The van der Waals surface area contributed by atoms with Crippen molar-refractivity contribution >= 4 is 40.1 Å². The van der Waals surface area contributed by atoms with Gasteiger partial charge in [-0.05, 0) is 47.7 Å². The SMILES string of the molecule is C[C@@H](CN)NC(=O)c1ccc(I)cc1Cl. The third-order valence-corrected chi connectivity index (χ3v) is 2.89. The molecule has 82 valence electrons. The van der Waals surface area contributed by atoms with Gasteiger partial charge < -0.3 is 11.1 Å². The number of amides is 1. The second-order valence-electron chi connectivity index (χ2n) is 3.23. The molecule has 1 atom stereocenters. The first-order valence-electron chi connectivity index (χ1n) is 4.50. The molecule has 0 heterocycles. The number of carbonyl (C=O) groups is 1. The summed E-state index contributed by atoms with van der Waals surface area (Å²) in [7, 11) is 0. The Bertz CT molecular complexity index is 370. The average Bonchev–Trinajstić information content (AvgIpc) is 2.17. The molecule has 0 aromatic heterocycles. The minimum absolute atomic E-state index is 0.0483. The number of carbonyl (C=O) groups excluding carboxylic acids is 1. The number of halogens is 2. The molecule has 1 amide bonds. The van der Waals surface area contributed by atoms with E-state index >= 15 is 0 Å². The maximum atomic E-state index is 11.7. The predicted octanol–water partition coefficient (Wildman–Crippen LogP) is 2.02. The zero-order valence-corrected chi connectivity index (χ0v) is 11.2. The fourth-order valence-corrected chi connectivity index (χ4v) is 1.98. The molecule has 5 heteroatoms. The van der Waals surface area contributed by atoms with Gasteiger partial charge in [0, 0.05) is 16.2 Å². The zero-order chi connectivity index (χ0) is 11.4. The molecular formula is C10H12ClIN2O. The van der Waals surface area contributed by atoms with Crippen LogP contribution in [0.4, 0.5) is 0 Å². The van der Waals surface area contributed by atoms with Crippen LogP contribution in [0.1, 0.15) is 17.3 Å². The van der Waals surface area contributed by atoms with Gasteiger partial charge in [0.25, 0.3) is 5.91 Å². The molecule has 3 nitrogen and oxygen atoms in total. The molecule has 1 aromatic carbocycles. The van der Waals surface area contributed by atoms with Crippen LogP contribution in [0, 0.1) is 3.57 Å². The van der Waals surface area contributed by atoms with Crippen molar-refractivity contribution in [3.63, 3.8) is 0 Å². The highest BCUT2D eigenvalue weighted by molar-refractivity contribution is 14.1. The monoisotopic (exact) mass is 338 g/mol. The highest BCUT2D eigenvalue weighted by Gasteiger charge is 2.12.